The zero-order chi connectivity index (χ0) is 18.3. The molecule has 1 aromatic carbocycles. The van der Waals surface area contributed by atoms with Crippen molar-refractivity contribution < 1.29 is 23.9 Å². The number of nitrogens with zero attached hydrogens (tertiary/aromatic N) is 1. The third kappa shape index (κ3) is 4.99. The van der Waals surface area contributed by atoms with Crippen molar-refractivity contribution in [3.05, 3.63) is 46.0 Å². The first-order chi connectivity index (χ1) is 12.0. The third-order valence-corrected chi connectivity index (χ3v) is 4.57. The molecule has 3 unspecified atom stereocenters. The first-order valence-electron chi connectivity index (χ1n) is 8.50. The molecule has 1 aromatic rings. The maximum atomic E-state index is 11.9. The van der Waals surface area contributed by atoms with Crippen LogP contribution in [0.5, 0.6) is 0 Å². The summed E-state index contributed by atoms with van der Waals surface area (Å²) < 4.78 is 16.3. The number of ether oxygens (including phenoxy) is 3. The van der Waals surface area contributed by atoms with E-state index in [1.807, 2.05) is 18.2 Å². The van der Waals surface area contributed by atoms with Crippen LogP contribution in [0.15, 0.2) is 30.3 Å². The molecule has 0 amide bonds. The molecule has 1 aliphatic rings. The molecule has 138 valence electrons. The molecule has 0 aliphatic carbocycles. The van der Waals surface area contributed by atoms with Crippen LogP contribution >= 0.6 is 0 Å². The second-order valence-electron chi connectivity index (χ2n) is 6.41. The predicted molar refractivity (Wildman–Crippen MR) is 90.5 cm³/mol. The normalized spacial score (nSPS) is 21.1. The molecule has 1 saturated heterocycles. The second-order valence-corrected chi connectivity index (χ2v) is 6.41. The highest BCUT2D eigenvalue weighted by Crippen LogP contribution is 2.38. The minimum atomic E-state index is -1.48. The highest BCUT2D eigenvalue weighted by atomic mass is 16.7. The predicted octanol–water partition coefficient (Wildman–Crippen LogP) is 3.26. The van der Waals surface area contributed by atoms with Crippen molar-refractivity contribution in [2.75, 3.05) is 13.7 Å². The Hall–Kier alpha value is -1.99. The van der Waals surface area contributed by atoms with E-state index in [0.29, 0.717) is 18.6 Å². The maximum Gasteiger partial charge on any atom is 0.305 e. The second kappa shape index (κ2) is 8.92. The van der Waals surface area contributed by atoms with Crippen LogP contribution in [-0.4, -0.2) is 36.4 Å². The van der Waals surface area contributed by atoms with E-state index < -0.39 is 23.9 Å². The van der Waals surface area contributed by atoms with Gasteiger partial charge in [-0.3, -0.25) is 14.9 Å². The molecule has 1 fully saturated rings. The van der Waals surface area contributed by atoms with E-state index in [9.17, 15) is 14.9 Å². The van der Waals surface area contributed by atoms with Gasteiger partial charge in [0.1, 0.15) is 0 Å². The molecule has 0 aromatic heterocycles. The Balaban J connectivity index is 2.28. The van der Waals surface area contributed by atoms with Crippen LogP contribution in [0.1, 0.15) is 50.7 Å². The molecular weight excluding hydrogens is 326 g/mol. The lowest BCUT2D eigenvalue weighted by molar-refractivity contribution is -0.585. The lowest BCUT2D eigenvalue weighted by atomic mass is 9.85. The molecule has 0 saturated carbocycles. The van der Waals surface area contributed by atoms with Crippen molar-refractivity contribution >= 4 is 5.97 Å². The lowest BCUT2D eigenvalue weighted by Gasteiger charge is -2.34. The Bertz CT molecular complexity index is 572. The van der Waals surface area contributed by atoms with Crippen molar-refractivity contribution in [3.63, 3.8) is 0 Å². The fourth-order valence-electron chi connectivity index (χ4n) is 2.96. The van der Waals surface area contributed by atoms with Gasteiger partial charge in [0.05, 0.1) is 13.5 Å². The number of hydrogen-bond donors (Lipinski definition) is 0. The van der Waals surface area contributed by atoms with E-state index >= 15 is 0 Å². The van der Waals surface area contributed by atoms with Gasteiger partial charge in [0.15, 0.2) is 12.4 Å². The average Bonchev–Trinajstić information content (AvgIpc) is 2.65. The molecule has 7 heteroatoms. The Morgan fingerprint density at radius 1 is 1.40 bits per heavy atom. The van der Waals surface area contributed by atoms with Crippen molar-refractivity contribution in [3.8, 4) is 0 Å². The number of methoxy groups -OCH3 is 1. The van der Waals surface area contributed by atoms with Crippen LogP contribution in [-0.2, 0) is 19.0 Å². The summed E-state index contributed by atoms with van der Waals surface area (Å²) in [6.07, 6.45) is 1.29. The van der Waals surface area contributed by atoms with Gasteiger partial charge in [0.25, 0.3) is 0 Å². The van der Waals surface area contributed by atoms with E-state index in [2.05, 4.69) is 4.74 Å². The van der Waals surface area contributed by atoms with Gasteiger partial charge in [-0.1, -0.05) is 30.3 Å². The highest BCUT2D eigenvalue weighted by molar-refractivity contribution is 5.69. The Morgan fingerprint density at radius 3 is 2.68 bits per heavy atom. The molecule has 1 aliphatic heterocycles. The maximum absolute atomic E-state index is 11.9. The number of benzene rings is 1. The molecule has 3 atom stereocenters. The summed E-state index contributed by atoms with van der Waals surface area (Å²) in [7, 11) is 1.27. The first kappa shape index (κ1) is 19.3. The minimum absolute atomic E-state index is 0.0129. The number of carbonyl (C=O) groups excluding carboxylic acids is 1. The molecular formula is C18H25NO6. The summed E-state index contributed by atoms with van der Waals surface area (Å²) in [5, 5.41) is 11.9. The number of nitro groups is 1. The first-order valence-corrected chi connectivity index (χ1v) is 8.50. The minimum Gasteiger partial charge on any atom is -0.469 e. The van der Waals surface area contributed by atoms with Gasteiger partial charge in [-0.05, 0) is 24.8 Å². The van der Waals surface area contributed by atoms with E-state index in [4.69, 9.17) is 9.47 Å². The third-order valence-electron chi connectivity index (χ3n) is 4.57. The Kier molecular flexibility index (Phi) is 6.90. The monoisotopic (exact) mass is 351 g/mol. The molecule has 2 rings (SSSR count). The van der Waals surface area contributed by atoms with Gasteiger partial charge in [-0.2, -0.15) is 0 Å². The van der Waals surface area contributed by atoms with E-state index in [1.54, 1.807) is 12.1 Å². The fraction of sp³-hybridized carbons (Fsp3) is 0.611. The Morgan fingerprint density at radius 2 is 2.12 bits per heavy atom. The van der Waals surface area contributed by atoms with Crippen LogP contribution in [0.3, 0.4) is 0 Å². The Labute approximate surface area is 147 Å². The van der Waals surface area contributed by atoms with Gasteiger partial charge in [0.2, 0.25) is 5.54 Å². The van der Waals surface area contributed by atoms with Gasteiger partial charge in [-0.25, -0.2) is 0 Å². The topological polar surface area (TPSA) is 87.9 Å². The fourth-order valence-corrected chi connectivity index (χ4v) is 2.96. The standard InChI is InChI=1S/C18H25NO6/c1-18(19(21)22,12-11-15(20)23-2)17(14-8-4-3-5-9-14)25-16-10-6-7-13-24-16/h3-5,8-9,16-17H,6-7,10-13H2,1-2H3. The zero-order valence-electron chi connectivity index (χ0n) is 14.7. The number of hydrogen-bond acceptors (Lipinski definition) is 6. The van der Waals surface area contributed by atoms with Gasteiger partial charge in [0, 0.05) is 24.9 Å². The molecule has 0 spiro atoms. The van der Waals surface area contributed by atoms with Crippen molar-refractivity contribution in [1.82, 2.24) is 0 Å². The number of esters is 1. The summed E-state index contributed by atoms with van der Waals surface area (Å²) in [5.41, 5.74) is -0.781. The SMILES string of the molecule is COC(=O)CCC(C)(C(OC1CCCCO1)c1ccccc1)[N+](=O)[O-]. The summed E-state index contributed by atoms with van der Waals surface area (Å²) in [6, 6.07) is 9.07. The number of carbonyl (C=O) groups is 1. The molecule has 0 bridgehead atoms. The van der Waals surface area contributed by atoms with E-state index in [-0.39, 0.29) is 17.8 Å². The average molecular weight is 351 g/mol. The highest BCUT2D eigenvalue weighted by Gasteiger charge is 2.49. The van der Waals surface area contributed by atoms with Crippen molar-refractivity contribution in [2.45, 2.75) is 57.0 Å². The summed E-state index contributed by atoms with van der Waals surface area (Å²) in [4.78, 5) is 23.1. The molecule has 25 heavy (non-hydrogen) atoms. The molecule has 1 heterocycles. The lowest BCUT2D eigenvalue weighted by Crippen LogP contribution is -2.45. The molecule has 0 radical (unpaired) electrons. The smallest absolute Gasteiger partial charge is 0.305 e. The van der Waals surface area contributed by atoms with E-state index in [0.717, 1.165) is 12.8 Å². The quantitative estimate of drug-likeness (QED) is 0.406. The van der Waals surface area contributed by atoms with Crippen LogP contribution in [0.2, 0.25) is 0 Å². The summed E-state index contributed by atoms with van der Waals surface area (Å²) in [5.74, 6) is -0.478. The van der Waals surface area contributed by atoms with Gasteiger partial charge >= 0.3 is 5.97 Å². The van der Waals surface area contributed by atoms with Crippen molar-refractivity contribution in [1.29, 1.82) is 0 Å². The van der Waals surface area contributed by atoms with Crippen LogP contribution < -0.4 is 0 Å². The van der Waals surface area contributed by atoms with Crippen LogP contribution in [0.4, 0.5) is 0 Å². The van der Waals surface area contributed by atoms with E-state index in [1.165, 1.54) is 14.0 Å². The number of rotatable bonds is 8. The van der Waals surface area contributed by atoms with Crippen LogP contribution in [0, 0.1) is 10.1 Å². The summed E-state index contributed by atoms with van der Waals surface area (Å²) >= 11 is 0. The van der Waals surface area contributed by atoms with Crippen LogP contribution in [0.25, 0.3) is 0 Å². The van der Waals surface area contributed by atoms with Gasteiger partial charge < -0.3 is 14.2 Å². The summed E-state index contributed by atoms with van der Waals surface area (Å²) in [6.45, 7) is 2.10. The van der Waals surface area contributed by atoms with Gasteiger partial charge in [-0.15, -0.1) is 0 Å². The largest absolute Gasteiger partial charge is 0.469 e. The molecule has 0 N–H and O–H groups in total. The zero-order valence-corrected chi connectivity index (χ0v) is 14.7. The van der Waals surface area contributed by atoms with Crippen molar-refractivity contribution in [2.24, 2.45) is 0 Å². The molecule has 7 nitrogen and oxygen atoms in total.